The highest BCUT2D eigenvalue weighted by Gasteiger charge is 2.42. The Morgan fingerprint density at radius 3 is 2.51 bits per heavy atom. The number of allylic oxidation sites excluding steroid dienone is 2. The van der Waals surface area contributed by atoms with Crippen LogP contribution in [0.4, 0.5) is 0 Å². The number of carbonyl (C=O) groups excluding carboxylic acids is 1. The van der Waals surface area contributed by atoms with Gasteiger partial charge in [0.15, 0.2) is 0 Å². The van der Waals surface area contributed by atoms with Crippen LogP contribution in [-0.2, 0) is 12.8 Å². The van der Waals surface area contributed by atoms with Crippen LogP contribution in [-0.4, -0.2) is 39.9 Å². The SMILES string of the molecule is C=C(C)CC[C@H](Cc1c(O)c(C(=O)c2cccc(O)c2)c2c(c1OC)C[C@@H](O)C(C)(C)O2)C(=C)C. The molecule has 1 heterocycles. The van der Waals surface area contributed by atoms with E-state index in [1.165, 1.54) is 19.2 Å². The fraction of sp³-hybridized carbons (Fsp3) is 0.414. The number of fused-ring (bicyclic) bond motifs is 1. The molecule has 2 aromatic carbocycles. The van der Waals surface area contributed by atoms with Crippen molar-refractivity contribution in [2.75, 3.05) is 7.11 Å². The Hall–Kier alpha value is -3.25. The van der Waals surface area contributed by atoms with Crippen molar-refractivity contribution in [3.8, 4) is 23.0 Å². The molecule has 0 spiro atoms. The zero-order valence-corrected chi connectivity index (χ0v) is 21.3. The van der Waals surface area contributed by atoms with Crippen molar-refractivity contribution in [2.24, 2.45) is 5.92 Å². The summed E-state index contributed by atoms with van der Waals surface area (Å²) < 4.78 is 11.9. The summed E-state index contributed by atoms with van der Waals surface area (Å²) in [4.78, 5) is 13.7. The van der Waals surface area contributed by atoms with Gasteiger partial charge < -0.3 is 24.8 Å². The van der Waals surface area contributed by atoms with Crippen LogP contribution >= 0.6 is 0 Å². The molecule has 0 amide bonds. The molecular formula is C29H36O6. The molecule has 3 N–H and O–H groups in total. The van der Waals surface area contributed by atoms with Crippen LogP contribution in [0.15, 0.2) is 48.6 Å². The molecule has 0 bridgehead atoms. The first-order valence-corrected chi connectivity index (χ1v) is 11.8. The zero-order valence-electron chi connectivity index (χ0n) is 21.3. The van der Waals surface area contributed by atoms with E-state index in [0.717, 1.165) is 24.0 Å². The van der Waals surface area contributed by atoms with Gasteiger partial charge in [0.05, 0.1) is 13.2 Å². The molecule has 1 aliphatic rings. The van der Waals surface area contributed by atoms with Crippen molar-refractivity contribution >= 4 is 5.78 Å². The van der Waals surface area contributed by atoms with Crippen LogP contribution in [0, 0.1) is 5.92 Å². The summed E-state index contributed by atoms with van der Waals surface area (Å²) in [6, 6.07) is 5.97. The smallest absolute Gasteiger partial charge is 0.200 e. The molecule has 6 heteroatoms. The number of methoxy groups -OCH3 is 1. The zero-order chi connectivity index (χ0) is 26.1. The first-order valence-electron chi connectivity index (χ1n) is 11.8. The molecule has 2 atom stereocenters. The number of aliphatic hydroxyl groups is 1. The number of ketones is 1. The molecule has 35 heavy (non-hydrogen) atoms. The lowest BCUT2D eigenvalue weighted by atomic mass is 9.82. The monoisotopic (exact) mass is 480 g/mol. The Bertz CT molecular complexity index is 1160. The number of aromatic hydroxyl groups is 2. The summed E-state index contributed by atoms with van der Waals surface area (Å²) in [5, 5.41) is 32.3. The lowest BCUT2D eigenvalue weighted by molar-refractivity contribution is -0.0422. The molecule has 3 rings (SSSR count). The number of phenols is 2. The van der Waals surface area contributed by atoms with E-state index in [0.29, 0.717) is 23.3 Å². The quantitative estimate of drug-likeness (QED) is 0.324. The van der Waals surface area contributed by atoms with Gasteiger partial charge in [-0.25, -0.2) is 0 Å². The number of hydrogen-bond donors (Lipinski definition) is 3. The molecule has 0 unspecified atom stereocenters. The highest BCUT2D eigenvalue weighted by atomic mass is 16.5. The molecule has 0 aliphatic carbocycles. The summed E-state index contributed by atoms with van der Waals surface area (Å²) >= 11 is 0. The van der Waals surface area contributed by atoms with Gasteiger partial charge in [0.1, 0.15) is 34.2 Å². The van der Waals surface area contributed by atoms with E-state index >= 15 is 0 Å². The highest BCUT2D eigenvalue weighted by molar-refractivity contribution is 6.13. The number of rotatable bonds is 9. The lowest BCUT2D eigenvalue weighted by Crippen LogP contribution is -2.47. The molecule has 1 aliphatic heterocycles. The van der Waals surface area contributed by atoms with Gasteiger partial charge in [-0.3, -0.25) is 4.79 Å². The second kappa shape index (κ2) is 10.2. The van der Waals surface area contributed by atoms with Crippen LogP contribution in [0.5, 0.6) is 23.0 Å². The molecule has 6 nitrogen and oxygen atoms in total. The first-order chi connectivity index (χ1) is 16.4. The summed E-state index contributed by atoms with van der Waals surface area (Å²) in [7, 11) is 1.51. The van der Waals surface area contributed by atoms with Gasteiger partial charge in [-0.05, 0) is 65.0 Å². The average molecular weight is 481 g/mol. The fourth-order valence-corrected chi connectivity index (χ4v) is 4.50. The molecular weight excluding hydrogens is 444 g/mol. The third-order valence-electron chi connectivity index (χ3n) is 6.74. The number of hydrogen-bond acceptors (Lipinski definition) is 6. The van der Waals surface area contributed by atoms with Crippen LogP contribution in [0.25, 0.3) is 0 Å². The van der Waals surface area contributed by atoms with Gasteiger partial charge in [-0.1, -0.05) is 29.9 Å². The second-order valence-corrected chi connectivity index (χ2v) is 10.1. The normalized spacial score (nSPS) is 17.1. The molecule has 0 saturated carbocycles. The average Bonchev–Trinajstić information content (AvgIpc) is 2.77. The van der Waals surface area contributed by atoms with Crippen LogP contribution in [0.3, 0.4) is 0 Å². The fourth-order valence-electron chi connectivity index (χ4n) is 4.50. The predicted molar refractivity (Wildman–Crippen MR) is 137 cm³/mol. The van der Waals surface area contributed by atoms with Crippen LogP contribution in [0.2, 0.25) is 0 Å². The van der Waals surface area contributed by atoms with E-state index in [4.69, 9.17) is 9.47 Å². The van der Waals surface area contributed by atoms with Crippen molar-refractivity contribution in [3.05, 3.63) is 70.8 Å². The topological polar surface area (TPSA) is 96.2 Å². The van der Waals surface area contributed by atoms with Crippen molar-refractivity contribution in [2.45, 2.75) is 65.1 Å². The van der Waals surface area contributed by atoms with Gasteiger partial charge in [0.25, 0.3) is 0 Å². The van der Waals surface area contributed by atoms with Crippen molar-refractivity contribution in [3.63, 3.8) is 0 Å². The molecule has 0 aromatic heterocycles. The lowest BCUT2D eigenvalue weighted by Gasteiger charge is -2.39. The van der Waals surface area contributed by atoms with E-state index in [1.807, 2.05) is 13.8 Å². The Labute approximate surface area is 207 Å². The summed E-state index contributed by atoms with van der Waals surface area (Å²) in [5.74, 6) is -0.153. The minimum absolute atomic E-state index is 0.00161. The summed E-state index contributed by atoms with van der Waals surface area (Å²) in [6.07, 6.45) is 1.33. The van der Waals surface area contributed by atoms with Gasteiger partial charge in [-0.15, -0.1) is 6.58 Å². The predicted octanol–water partition coefficient (Wildman–Crippen LogP) is 5.50. The Balaban J connectivity index is 2.25. The van der Waals surface area contributed by atoms with Crippen molar-refractivity contribution < 1.29 is 29.6 Å². The highest BCUT2D eigenvalue weighted by Crippen LogP contribution is 2.50. The van der Waals surface area contributed by atoms with Gasteiger partial charge in [0.2, 0.25) is 5.78 Å². The maximum Gasteiger partial charge on any atom is 0.200 e. The summed E-state index contributed by atoms with van der Waals surface area (Å²) in [6.45, 7) is 15.5. The largest absolute Gasteiger partial charge is 0.508 e. The van der Waals surface area contributed by atoms with Gasteiger partial charge >= 0.3 is 0 Å². The Morgan fingerprint density at radius 1 is 1.26 bits per heavy atom. The van der Waals surface area contributed by atoms with Crippen molar-refractivity contribution in [1.29, 1.82) is 0 Å². The standard InChI is InChI=1S/C29H36O6/c1-16(2)11-12-18(17(3)4)14-21-26(33)24(25(32)19-9-8-10-20(30)13-19)28-22(27(21)34-7)15-23(31)29(5,6)35-28/h8-10,13,18,23,30-31,33H,1,3,11-12,14-15H2,2,4-7H3/t18-,23-/m1/s1. The molecule has 0 fully saturated rings. The Kier molecular flexibility index (Phi) is 7.65. The van der Waals surface area contributed by atoms with E-state index in [-0.39, 0.29) is 40.7 Å². The number of phenolic OH excluding ortho intramolecular Hbond substituents is 2. The number of carbonyl (C=O) groups is 1. The van der Waals surface area contributed by atoms with Crippen molar-refractivity contribution in [1.82, 2.24) is 0 Å². The second-order valence-electron chi connectivity index (χ2n) is 10.1. The van der Waals surface area contributed by atoms with Gasteiger partial charge in [-0.2, -0.15) is 0 Å². The van der Waals surface area contributed by atoms with Crippen LogP contribution < -0.4 is 9.47 Å². The number of benzene rings is 2. The number of ether oxygens (including phenoxy) is 2. The molecule has 188 valence electrons. The van der Waals surface area contributed by atoms with Gasteiger partial charge in [0, 0.05) is 23.1 Å². The molecule has 0 radical (unpaired) electrons. The Morgan fingerprint density at radius 2 is 1.94 bits per heavy atom. The summed E-state index contributed by atoms with van der Waals surface area (Å²) in [5.41, 5.74) is 2.24. The molecule has 0 saturated heterocycles. The van der Waals surface area contributed by atoms with E-state index in [9.17, 15) is 20.1 Å². The van der Waals surface area contributed by atoms with E-state index in [2.05, 4.69) is 13.2 Å². The molecule has 2 aromatic rings. The van der Waals surface area contributed by atoms with E-state index in [1.54, 1.807) is 26.0 Å². The first kappa shape index (κ1) is 26.4. The van der Waals surface area contributed by atoms with E-state index < -0.39 is 17.5 Å². The maximum absolute atomic E-state index is 13.7. The maximum atomic E-state index is 13.7. The number of aliphatic hydroxyl groups excluding tert-OH is 1. The minimum Gasteiger partial charge on any atom is -0.508 e. The third-order valence-corrected chi connectivity index (χ3v) is 6.74. The minimum atomic E-state index is -0.985. The third kappa shape index (κ3) is 5.38. The van der Waals surface area contributed by atoms with Crippen LogP contribution in [0.1, 0.15) is 67.6 Å².